The van der Waals surface area contributed by atoms with Crippen LogP contribution in [0.3, 0.4) is 0 Å². The molecule has 2 rings (SSSR count). The summed E-state index contributed by atoms with van der Waals surface area (Å²) in [5, 5.41) is 8.28. The second-order valence-corrected chi connectivity index (χ2v) is 3.66. The highest BCUT2D eigenvalue weighted by Crippen LogP contribution is 2.06. The normalized spacial score (nSPS) is 28.6. The zero-order valence-electron chi connectivity index (χ0n) is 8.17. The molecule has 0 aromatic rings. The number of nitrogens with zero attached hydrogens (tertiary/aromatic N) is 2. The summed E-state index contributed by atoms with van der Waals surface area (Å²) < 4.78 is 5.33. The third-order valence-corrected chi connectivity index (χ3v) is 2.70. The fourth-order valence-corrected chi connectivity index (χ4v) is 1.91. The van der Waals surface area contributed by atoms with Gasteiger partial charge >= 0.3 is 0 Å². The minimum atomic E-state index is 0.885. The summed E-state index contributed by atoms with van der Waals surface area (Å²) in [6.45, 7) is 7.27. The molecular formula is C9H19N3O. The second kappa shape index (κ2) is 4.91. The Morgan fingerprint density at radius 3 is 2.62 bits per heavy atom. The van der Waals surface area contributed by atoms with Crippen molar-refractivity contribution in [3.8, 4) is 0 Å². The molecule has 2 saturated heterocycles. The van der Waals surface area contributed by atoms with Gasteiger partial charge in [-0.2, -0.15) is 0 Å². The van der Waals surface area contributed by atoms with E-state index in [9.17, 15) is 0 Å². The molecule has 0 atom stereocenters. The summed E-state index contributed by atoms with van der Waals surface area (Å²) >= 11 is 0. The average Bonchev–Trinajstić information content (AvgIpc) is 2.47. The van der Waals surface area contributed by atoms with Gasteiger partial charge in [0.15, 0.2) is 0 Å². The maximum Gasteiger partial charge on any atom is 0.0623 e. The molecule has 2 heterocycles. The van der Waals surface area contributed by atoms with Gasteiger partial charge in [0, 0.05) is 19.6 Å². The Morgan fingerprint density at radius 1 is 0.923 bits per heavy atom. The van der Waals surface area contributed by atoms with E-state index in [1.807, 2.05) is 0 Å². The van der Waals surface area contributed by atoms with E-state index in [4.69, 9.17) is 4.74 Å². The number of morpholine rings is 1. The molecule has 0 aromatic heterocycles. The van der Waals surface area contributed by atoms with E-state index in [0.29, 0.717) is 0 Å². The largest absolute Gasteiger partial charge is 0.379 e. The SMILES string of the molecule is C1CCN(N2CCOCC2)CNC1. The number of hydrazine groups is 1. The van der Waals surface area contributed by atoms with Crippen molar-refractivity contribution in [1.82, 2.24) is 15.3 Å². The van der Waals surface area contributed by atoms with Crippen molar-refractivity contribution in [2.45, 2.75) is 12.8 Å². The average molecular weight is 185 g/mol. The lowest BCUT2D eigenvalue weighted by molar-refractivity contribution is -0.0909. The third kappa shape index (κ3) is 2.64. The predicted octanol–water partition coefficient (Wildman–Crippen LogP) is -0.123. The summed E-state index contributed by atoms with van der Waals surface area (Å²) in [6.07, 6.45) is 2.62. The van der Waals surface area contributed by atoms with Crippen LogP contribution < -0.4 is 5.32 Å². The minimum absolute atomic E-state index is 0.885. The Labute approximate surface area is 79.8 Å². The smallest absolute Gasteiger partial charge is 0.0623 e. The van der Waals surface area contributed by atoms with Gasteiger partial charge in [0.2, 0.25) is 0 Å². The molecule has 2 fully saturated rings. The van der Waals surface area contributed by atoms with Crippen LogP contribution in [0.15, 0.2) is 0 Å². The molecule has 2 aliphatic rings. The Bertz CT molecular complexity index is 140. The van der Waals surface area contributed by atoms with Crippen LogP contribution in [-0.4, -0.2) is 56.1 Å². The van der Waals surface area contributed by atoms with Crippen molar-refractivity contribution < 1.29 is 4.74 Å². The Hall–Kier alpha value is -0.160. The number of ether oxygens (including phenoxy) is 1. The highest BCUT2D eigenvalue weighted by Gasteiger charge is 2.18. The van der Waals surface area contributed by atoms with E-state index < -0.39 is 0 Å². The third-order valence-electron chi connectivity index (χ3n) is 2.70. The van der Waals surface area contributed by atoms with E-state index in [2.05, 4.69) is 15.3 Å². The van der Waals surface area contributed by atoms with Gasteiger partial charge in [-0.3, -0.25) is 0 Å². The van der Waals surface area contributed by atoms with Crippen molar-refractivity contribution in [1.29, 1.82) is 0 Å². The van der Waals surface area contributed by atoms with Crippen LogP contribution >= 0.6 is 0 Å². The van der Waals surface area contributed by atoms with E-state index >= 15 is 0 Å². The summed E-state index contributed by atoms with van der Waals surface area (Å²) in [5.41, 5.74) is 0. The summed E-state index contributed by atoms with van der Waals surface area (Å²) in [4.78, 5) is 0. The van der Waals surface area contributed by atoms with Gasteiger partial charge in [0.1, 0.15) is 0 Å². The maximum atomic E-state index is 5.33. The van der Waals surface area contributed by atoms with Crippen molar-refractivity contribution in [3.63, 3.8) is 0 Å². The topological polar surface area (TPSA) is 27.7 Å². The van der Waals surface area contributed by atoms with Gasteiger partial charge in [-0.05, 0) is 19.4 Å². The number of nitrogens with one attached hydrogen (secondary N) is 1. The molecule has 0 amide bonds. The first-order valence-corrected chi connectivity index (χ1v) is 5.25. The maximum absolute atomic E-state index is 5.33. The molecule has 0 bridgehead atoms. The molecule has 0 radical (unpaired) electrons. The molecule has 0 spiro atoms. The Kier molecular flexibility index (Phi) is 3.55. The van der Waals surface area contributed by atoms with Gasteiger partial charge in [-0.15, -0.1) is 0 Å². The van der Waals surface area contributed by atoms with Gasteiger partial charge in [0.05, 0.1) is 19.9 Å². The van der Waals surface area contributed by atoms with Gasteiger partial charge < -0.3 is 10.1 Å². The van der Waals surface area contributed by atoms with Crippen LogP contribution in [0.5, 0.6) is 0 Å². The van der Waals surface area contributed by atoms with Crippen LogP contribution in [-0.2, 0) is 4.74 Å². The zero-order chi connectivity index (χ0) is 8.93. The van der Waals surface area contributed by atoms with Crippen LogP contribution in [0.2, 0.25) is 0 Å². The fourth-order valence-electron chi connectivity index (χ4n) is 1.91. The van der Waals surface area contributed by atoms with Gasteiger partial charge in [-0.1, -0.05) is 0 Å². The lowest BCUT2D eigenvalue weighted by Gasteiger charge is -2.36. The summed E-state index contributed by atoms with van der Waals surface area (Å²) in [6, 6.07) is 0. The minimum Gasteiger partial charge on any atom is -0.379 e. The van der Waals surface area contributed by atoms with E-state index in [1.165, 1.54) is 25.9 Å². The lowest BCUT2D eigenvalue weighted by Crippen LogP contribution is -2.51. The highest BCUT2D eigenvalue weighted by atomic mass is 16.5. The predicted molar refractivity (Wildman–Crippen MR) is 51.2 cm³/mol. The van der Waals surface area contributed by atoms with Crippen molar-refractivity contribution in [2.75, 3.05) is 46.1 Å². The summed E-state index contributed by atoms with van der Waals surface area (Å²) in [7, 11) is 0. The summed E-state index contributed by atoms with van der Waals surface area (Å²) in [5.74, 6) is 0. The van der Waals surface area contributed by atoms with Crippen LogP contribution in [0.25, 0.3) is 0 Å². The molecule has 2 aliphatic heterocycles. The first kappa shape index (κ1) is 9.40. The molecule has 4 heteroatoms. The zero-order valence-corrected chi connectivity index (χ0v) is 8.17. The molecule has 0 saturated carbocycles. The standard InChI is InChI=1S/C9H19N3O/c1-2-4-12(9-10-3-1)11-5-7-13-8-6-11/h10H,1-9H2. The van der Waals surface area contributed by atoms with Crippen molar-refractivity contribution >= 4 is 0 Å². The number of hydrogen-bond donors (Lipinski definition) is 1. The monoisotopic (exact) mass is 185 g/mol. The Morgan fingerprint density at radius 2 is 1.77 bits per heavy atom. The second-order valence-electron chi connectivity index (χ2n) is 3.66. The first-order valence-electron chi connectivity index (χ1n) is 5.25. The molecule has 13 heavy (non-hydrogen) atoms. The van der Waals surface area contributed by atoms with E-state index in [0.717, 1.165) is 33.0 Å². The van der Waals surface area contributed by atoms with Crippen molar-refractivity contribution in [2.24, 2.45) is 0 Å². The molecule has 0 unspecified atom stereocenters. The molecule has 0 aliphatic carbocycles. The van der Waals surface area contributed by atoms with Crippen LogP contribution in [0.4, 0.5) is 0 Å². The van der Waals surface area contributed by atoms with E-state index in [-0.39, 0.29) is 0 Å². The van der Waals surface area contributed by atoms with Gasteiger partial charge in [-0.25, -0.2) is 10.0 Å². The van der Waals surface area contributed by atoms with Gasteiger partial charge in [0.25, 0.3) is 0 Å². The molecule has 76 valence electrons. The molecule has 0 aromatic carbocycles. The number of hydrogen-bond acceptors (Lipinski definition) is 4. The first-order chi connectivity index (χ1) is 6.47. The number of rotatable bonds is 1. The quantitative estimate of drug-likeness (QED) is 0.616. The fraction of sp³-hybridized carbons (Fsp3) is 1.00. The van der Waals surface area contributed by atoms with E-state index in [1.54, 1.807) is 0 Å². The lowest BCUT2D eigenvalue weighted by atomic mass is 10.3. The molecule has 4 nitrogen and oxygen atoms in total. The van der Waals surface area contributed by atoms with Crippen LogP contribution in [0, 0.1) is 0 Å². The van der Waals surface area contributed by atoms with Crippen LogP contribution in [0.1, 0.15) is 12.8 Å². The van der Waals surface area contributed by atoms with Crippen molar-refractivity contribution in [3.05, 3.63) is 0 Å². The highest BCUT2D eigenvalue weighted by molar-refractivity contribution is 4.64. The molecule has 1 N–H and O–H groups in total. The molecular weight excluding hydrogens is 166 g/mol. The Balaban J connectivity index is 1.82.